The molecule has 9 heteroatoms. The highest BCUT2D eigenvalue weighted by molar-refractivity contribution is 7.89. The van der Waals surface area contributed by atoms with Gasteiger partial charge >= 0.3 is 0 Å². The Morgan fingerprint density at radius 1 is 1.04 bits per heavy atom. The maximum atomic E-state index is 12.2. The molecule has 0 saturated heterocycles. The zero-order chi connectivity index (χ0) is 19.1. The van der Waals surface area contributed by atoms with Gasteiger partial charge in [-0.25, -0.2) is 13.1 Å². The normalized spacial score (nSPS) is 11.3. The quantitative estimate of drug-likeness (QED) is 0.561. The molecule has 3 aromatic rings. The van der Waals surface area contributed by atoms with Gasteiger partial charge in [0.05, 0.1) is 17.8 Å². The van der Waals surface area contributed by atoms with E-state index >= 15 is 0 Å². The molecule has 0 saturated carbocycles. The van der Waals surface area contributed by atoms with Gasteiger partial charge in [-0.15, -0.1) is 10.2 Å². The molecule has 0 aliphatic carbocycles. The van der Waals surface area contributed by atoms with E-state index in [0.29, 0.717) is 29.7 Å². The molecule has 142 valence electrons. The van der Waals surface area contributed by atoms with Crippen molar-refractivity contribution in [3.8, 4) is 23.1 Å². The van der Waals surface area contributed by atoms with E-state index < -0.39 is 10.0 Å². The van der Waals surface area contributed by atoms with Crippen molar-refractivity contribution < 1.29 is 22.3 Å². The van der Waals surface area contributed by atoms with Gasteiger partial charge in [-0.1, -0.05) is 0 Å². The molecule has 8 nitrogen and oxygen atoms in total. The summed E-state index contributed by atoms with van der Waals surface area (Å²) in [5.74, 6) is 1.53. The molecule has 1 aromatic carbocycles. The Bertz CT molecular complexity index is 940. The van der Waals surface area contributed by atoms with Crippen LogP contribution in [0.5, 0.6) is 11.6 Å². The van der Waals surface area contributed by atoms with Crippen LogP contribution in [0.3, 0.4) is 0 Å². The molecule has 0 fully saturated rings. The van der Waals surface area contributed by atoms with Crippen LogP contribution in [-0.4, -0.2) is 38.4 Å². The van der Waals surface area contributed by atoms with Crippen LogP contribution >= 0.6 is 0 Å². The van der Waals surface area contributed by atoms with Crippen LogP contribution in [0.1, 0.15) is 6.92 Å². The van der Waals surface area contributed by atoms with Crippen molar-refractivity contribution in [1.29, 1.82) is 0 Å². The molecule has 3 rings (SSSR count). The number of nitrogens with zero attached hydrogens (tertiary/aromatic N) is 2. The summed E-state index contributed by atoms with van der Waals surface area (Å²) in [6, 6.07) is 13.1. The second kappa shape index (κ2) is 8.65. The van der Waals surface area contributed by atoms with E-state index in [4.69, 9.17) is 13.9 Å². The smallest absolute Gasteiger partial charge is 0.240 e. The van der Waals surface area contributed by atoms with Crippen LogP contribution in [-0.2, 0) is 10.0 Å². The number of aromatic nitrogens is 2. The van der Waals surface area contributed by atoms with Gasteiger partial charge in [0, 0.05) is 12.6 Å². The summed E-state index contributed by atoms with van der Waals surface area (Å²) in [7, 11) is -3.62. The molecular weight excluding hydrogens is 370 g/mol. The first-order valence-electron chi connectivity index (χ1n) is 8.31. The average molecular weight is 389 g/mol. The minimum Gasteiger partial charge on any atom is -0.494 e. The molecule has 0 atom stereocenters. The minimum atomic E-state index is -3.62. The third-order valence-electron chi connectivity index (χ3n) is 3.50. The molecule has 0 unspecified atom stereocenters. The molecule has 1 N–H and O–H groups in total. The zero-order valence-corrected chi connectivity index (χ0v) is 15.5. The highest BCUT2D eigenvalue weighted by Crippen LogP contribution is 2.18. The zero-order valence-electron chi connectivity index (χ0n) is 14.7. The minimum absolute atomic E-state index is 0.0944. The lowest BCUT2D eigenvalue weighted by molar-refractivity contribution is 0.307. The number of hydrogen-bond acceptors (Lipinski definition) is 7. The van der Waals surface area contributed by atoms with E-state index in [9.17, 15) is 8.42 Å². The maximum absolute atomic E-state index is 12.2. The molecule has 0 spiro atoms. The van der Waals surface area contributed by atoms with Crippen LogP contribution < -0.4 is 14.2 Å². The molecule has 2 heterocycles. The Labute approximate surface area is 157 Å². The highest BCUT2D eigenvalue weighted by Gasteiger charge is 2.13. The molecule has 0 radical (unpaired) electrons. The summed E-state index contributed by atoms with van der Waals surface area (Å²) in [4.78, 5) is 0.161. The Hall–Kier alpha value is -2.91. The number of sulfonamides is 1. The average Bonchev–Trinajstić information content (AvgIpc) is 3.21. The second-order valence-electron chi connectivity index (χ2n) is 5.38. The Morgan fingerprint density at radius 3 is 2.48 bits per heavy atom. The second-order valence-corrected chi connectivity index (χ2v) is 7.15. The predicted octanol–water partition coefficient (Wildman–Crippen LogP) is 2.49. The summed E-state index contributed by atoms with van der Waals surface area (Å²) in [6.45, 7) is 2.59. The fraction of sp³-hybridized carbons (Fsp3) is 0.222. The fourth-order valence-electron chi connectivity index (χ4n) is 2.25. The summed E-state index contributed by atoms with van der Waals surface area (Å²) >= 11 is 0. The van der Waals surface area contributed by atoms with E-state index in [-0.39, 0.29) is 18.0 Å². The predicted molar refractivity (Wildman–Crippen MR) is 98.0 cm³/mol. The molecule has 0 aliphatic heterocycles. The molecule has 27 heavy (non-hydrogen) atoms. The largest absolute Gasteiger partial charge is 0.494 e. The van der Waals surface area contributed by atoms with Gasteiger partial charge in [0.15, 0.2) is 5.76 Å². The molecular formula is C18H19N3O5S. The van der Waals surface area contributed by atoms with Gasteiger partial charge in [0.2, 0.25) is 15.9 Å². The summed E-state index contributed by atoms with van der Waals surface area (Å²) in [5, 5.41) is 7.93. The number of nitrogens with one attached hydrogen (secondary N) is 1. The van der Waals surface area contributed by atoms with Crippen molar-refractivity contribution in [1.82, 2.24) is 14.9 Å². The Kier molecular flexibility index (Phi) is 6.05. The van der Waals surface area contributed by atoms with E-state index in [1.807, 2.05) is 6.92 Å². The van der Waals surface area contributed by atoms with Crippen molar-refractivity contribution in [3.05, 3.63) is 54.8 Å². The van der Waals surface area contributed by atoms with Crippen LogP contribution in [0.15, 0.2) is 64.1 Å². The maximum Gasteiger partial charge on any atom is 0.240 e. The van der Waals surface area contributed by atoms with Crippen LogP contribution in [0.2, 0.25) is 0 Å². The van der Waals surface area contributed by atoms with E-state index in [1.54, 1.807) is 42.7 Å². The lowest BCUT2D eigenvalue weighted by Gasteiger charge is -2.09. The third kappa shape index (κ3) is 5.05. The lowest BCUT2D eigenvalue weighted by atomic mass is 10.3. The third-order valence-corrected chi connectivity index (χ3v) is 4.98. The van der Waals surface area contributed by atoms with Crippen molar-refractivity contribution in [3.63, 3.8) is 0 Å². The molecule has 0 aliphatic rings. The molecule has 0 bridgehead atoms. The van der Waals surface area contributed by atoms with Gasteiger partial charge in [0.1, 0.15) is 18.1 Å². The van der Waals surface area contributed by atoms with Gasteiger partial charge in [-0.05, 0) is 49.4 Å². The number of furan rings is 1. The van der Waals surface area contributed by atoms with Crippen molar-refractivity contribution in [2.75, 3.05) is 19.8 Å². The number of hydrogen-bond donors (Lipinski definition) is 1. The summed E-state index contributed by atoms with van der Waals surface area (Å²) in [6.07, 6.45) is 1.55. The van der Waals surface area contributed by atoms with Crippen molar-refractivity contribution >= 4 is 10.0 Å². The molecule has 0 amide bonds. The van der Waals surface area contributed by atoms with Crippen LogP contribution in [0.25, 0.3) is 11.5 Å². The van der Waals surface area contributed by atoms with Crippen molar-refractivity contribution in [2.24, 2.45) is 0 Å². The first-order valence-corrected chi connectivity index (χ1v) is 9.80. The van der Waals surface area contributed by atoms with Gasteiger partial charge in [-0.3, -0.25) is 0 Å². The number of rotatable bonds is 9. The van der Waals surface area contributed by atoms with Crippen LogP contribution in [0, 0.1) is 0 Å². The number of ether oxygens (including phenoxy) is 2. The number of benzene rings is 1. The first-order chi connectivity index (χ1) is 13.1. The van der Waals surface area contributed by atoms with E-state index in [2.05, 4.69) is 14.9 Å². The van der Waals surface area contributed by atoms with Gasteiger partial charge in [0.25, 0.3) is 0 Å². The molecule has 2 aromatic heterocycles. The highest BCUT2D eigenvalue weighted by atomic mass is 32.2. The Morgan fingerprint density at radius 2 is 1.85 bits per heavy atom. The van der Waals surface area contributed by atoms with Crippen molar-refractivity contribution in [2.45, 2.75) is 11.8 Å². The Balaban J connectivity index is 1.49. The van der Waals surface area contributed by atoms with Gasteiger partial charge < -0.3 is 13.9 Å². The topological polar surface area (TPSA) is 104 Å². The summed E-state index contributed by atoms with van der Waals surface area (Å²) < 4.78 is 42.9. The first kappa shape index (κ1) is 18.9. The fourth-order valence-corrected chi connectivity index (χ4v) is 3.26. The van der Waals surface area contributed by atoms with E-state index in [1.165, 1.54) is 12.1 Å². The standard InChI is InChI=1S/C18H19N3O5S/c1-2-24-14-5-7-15(8-6-14)27(22,23)19-11-13-26-18-10-9-16(20-21-18)17-4-3-12-25-17/h3-10,12,19H,2,11,13H2,1H3. The van der Waals surface area contributed by atoms with E-state index in [0.717, 1.165) is 0 Å². The SMILES string of the molecule is CCOc1ccc(S(=O)(=O)NCCOc2ccc(-c3ccco3)nn2)cc1. The summed E-state index contributed by atoms with van der Waals surface area (Å²) in [5.41, 5.74) is 0.587. The lowest BCUT2D eigenvalue weighted by Crippen LogP contribution is -2.28. The van der Waals surface area contributed by atoms with Crippen LogP contribution in [0.4, 0.5) is 0 Å². The van der Waals surface area contributed by atoms with Gasteiger partial charge in [-0.2, -0.15) is 0 Å². The monoisotopic (exact) mass is 389 g/mol.